The van der Waals surface area contributed by atoms with Gasteiger partial charge in [0.25, 0.3) is 0 Å². The number of allylic oxidation sites excluding steroid dienone is 2. The molecular weight excluding hydrogens is 280 g/mol. The van der Waals surface area contributed by atoms with Gasteiger partial charge < -0.3 is 20.1 Å². The van der Waals surface area contributed by atoms with Crippen LogP contribution in [-0.4, -0.2) is 27.5 Å². The predicted octanol–water partition coefficient (Wildman–Crippen LogP) is 2.99. The molecule has 3 N–H and O–H groups in total. The van der Waals surface area contributed by atoms with Gasteiger partial charge >= 0.3 is 0 Å². The molecule has 4 nitrogen and oxygen atoms in total. The van der Waals surface area contributed by atoms with E-state index in [0.717, 1.165) is 17.5 Å². The molecule has 1 heterocycles. The molecule has 0 aliphatic carbocycles. The second-order valence-corrected chi connectivity index (χ2v) is 6.30. The van der Waals surface area contributed by atoms with Crippen LogP contribution in [0.4, 0.5) is 0 Å². The number of rotatable bonds is 3. The van der Waals surface area contributed by atoms with E-state index in [-0.39, 0.29) is 18.5 Å². The van der Waals surface area contributed by atoms with Crippen molar-refractivity contribution in [1.82, 2.24) is 0 Å². The van der Waals surface area contributed by atoms with E-state index < -0.39 is 12.2 Å². The zero-order valence-corrected chi connectivity index (χ0v) is 13.5. The Morgan fingerprint density at radius 3 is 2.73 bits per heavy atom. The van der Waals surface area contributed by atoms with Crippen molar-refractivity contribution in [2.75, 3.05) is 0 Å². The van der Waals surface area contributed by atoms with Crippen LogP contribution in [0.3, 0.4) is 0 Å². The Balaban J connectivity index is 2.38. The molecule has 1 aliphatic heterocycles. The first-order chi connectivity index (χ1) is 10.4. The van der Waals surface area contributed by atoms with E-state index in [0.29, 0.717) is 18.4 Å². The van der Waals surface area contributed by atoms with E-state index in [9.17, 15) is 15.3 Å². The molecule has 1 aromatic rings. The number of hydrogen-bond donors (Lipinski definition) is 3. The molecule has 0 fully saturated rings. The van der Waals surface area contributed by atoms with Crippen LogP contribution in [0.2, 0.25) is 0 Å². The second kappa shape index (κ2) is 7.27. The molecule has 0 saturated carbocycles. The monoisotopic (exact) mass is 306 g/mol. The lowest BCUT2D eigenvalue weighted by atomic mass is 9.89. The number of aliphatic hydroxyl groups is 2. The third kappa shape index (κ3) is 3.88. The molecule has 3 atom stereocenters. The van der Waals surface area contributed by atoms with Gasteiger partial charge in [0.05, 0.1) is 24.9 Å². The number of aliphatic hydroxyl groups excluding tert-OH is 2. The predicted molar refractivity (Wildman–Crippen MR) is 85.7 cm³/mol. The largest absolute Gasteiger partial charge is 0.508 e. The van der Waals surface area contributed by atoms with Crippen molar-refractivity contribution in [3.05, 3.63) is 40.5 Å². The fourth-order valence-corrected chi connectivity index (χ4v) is 2.88. The highest BCUT2D eigenvalue weighted by atomic mass is 16.5. The fourth-order valence-electron chi connectivity index (χ4n) is 2.88. The molecule has 0 spiro atoms. The van der Waals surface area contributed by atoms with Gasteiger partial charge in [-0.05, 0) is 57.2 Å². The van der Waals surface area contributed by atoms with E-state index in [4.69, 9.17) is 4.74 Å². The lowest BCUT2D eigenvalue weighted by Crippen LogP contribution is -2.29. The average molecular weight is 306 g/mol. The normalized spacial score (nSPS) is 23.1. The van der Waals surface area contributed by atoms with Crippen LogP contribution >= 0.6 is 0 Å². The Hall–Kier alpha value is -1.36. The molecule has 4 heteroatoms. The van der Waals surface area contributed by atoms with E-state index >= 15 is 0 Å². The topological polar surface area (TPSA) is 69.9 Å². The lowest BCUT2D eigenvalue weighted by Gasteiger charge is -2.28. The number of benzene rings is 1. The van der Waals surface area contributed by atoms with Gasteiger partial charge in [0.2, 0.25) is 0 Å². The highest BCUT2D eigenvalue weighted by molar-refractivity contribution is 5.46. The zero-order valence-electron chi connectivity index (χ0n) is 13.5. The first kappa shape index (κ1) is 17.0. The highest BCUT2D eigenvalue weighted by Gasteiger charge is 2.26. The molecule has 122 valence electrons. The molecule has 22 heavy (non-hydrogen) atoms. The van der Waals surface area contributed by atoms with Gasteiger partial charge in [0, 0.05) is 5.56 Å². The van der Waals surface area contributed by atoms with E-state index in [1.807, 2.05) is 19.9 Å². The van der Waals surface area contributed by atoms with Crippen LogP contribution in [-0.2, 0) is 17.8 Å². The molecule has 0 unspecified atom stereocenters. The van der Waals surface area contributed by atoms with Crippen LogP contribution in [0.1, 0.15) is 56.4 Å². The number of aromatic hydroxyl groups is 1. The fraction of sp³-hybridized carbons (Fsp3) is 0.556. The van der Waals surface area contributed by atoms with Crippen molar-refractivity contribution in [3.8, 4) is 5.75 Å². The molecule has 0 radical (unpaired) electrons. The maximum atomic E-state index is 10.6. The van der Waals surface area contributed by atoms with E-state index in [1.165, 1.54) is 5.57 Å². The second-order valence-electron chi connectivity index (χ2n) is 6.30. The Labute approximate surface area is 132 Å². The molecular formula is C18H26O4. The Kier molecular flexibility index (Phi) is 5.62. The number of phenolic OH excluding ortho intramolecular Hbond substituents is 1. The minimum Gasteiger partial charge on any atom is -0.508 e. The summed E-state index contributed by atoms with van der Waals surface area (Å²) in [6, 6.07) is 3.52. The third-order valence-electron chi connectivity index (χ3n) is 4.19. The summed E-state index contributed by atoms with van der Waals surface area (Å²) in [4.78, 5) is 0. The lowest BCUT2D eigenvalue weighted by molar-refractivity contribution is -0.0535. The van der Waals surface area contributed by atoms with Crippen LogP contribution in [0.25, 0.3) is 0 Å². The van der Waals surface area contributed by atoms with Crippen LogP contribution in [0.15, 0.2) is 23.8 Å². The minimum atomic E-state index is -0.646. The van der Waals surface area contributed by atoms with Gasteiger partial charge in [-0.25, -0.2) is 0 Å². The molecule has 2 rings (SSSR count). The van der Waals surface area contributed by atoms with Crippen molar-refractivity contribution in [2.24, 2.45) is 0 Å². The van der Waals surface area contributed by atoms with Crippen LogP contribution < -0.4 is 0 Å². The average Bonchev–Trinajstić information content (AvgIpc) is 2.43. The smallest absolute Gasteiger partial charge is 0.121 e. The molecule has 1 aliphatic rings. The van der Waals surface area contributed by atoms with Gasteiger partial charge in [-0.1, -0.05) is 17.7 Å². The summed E-state index contributed by atoms with van der Waals surface area (Å²) in [6.07, 6.45) is 2.38. The minimum absolute atomic E-state index is 0.140. The van der Waals surface area contributed by atoms with Gasteiger partial charge in [-0.3, -0.25) is 0 Å². The quantitative estimate of drug-likeness (QED) is 0.751. The van der Waals surface area contributed by atoms with Gasteiger partial charge in [-0.2, -0.15) is 0 Å². The van der Waals surface area contributed by atoms with Crippen molar-refractivity contribution in [3.63, 3.8) is 0 Å². The number of fused-ring (bicyclic) bond motifs is 1. The Morgan fingerprint density at radius 1 is 1.36 bits per heavy atom. The summed E-state index contributed by atoms with van der Waals surface area (Å²) < 4.78 is 5.74. The summed E-state index contributed by atoms with van der Waals surface area (Å²) in [5.41, 5.74) is 3.65. The summed E-state index contributed by atoms with van der Waals surface area (Å²) in [6.45, 7) is 5.97. The van der Waals surface area contributed by atoms with Gasteiger partial charge in [-0.15, -0.1) is 0 Å². The van der Waals surface area contributed by atoms with Crippen molar-refractivity contribution in [2.45, 2.75) is 65.0 Å². The van der Waals surface area contributed by atoms with Crippen LogP contribution in [0, 0.1) is 0 Å². The maximum Gasteiger partial charge on any atom is 0.121 e. The first-order valence-electron chi connectivity index (χ1n) is 7.84. The summed E-state index contributed by atoms with van der Waals surface area (Å²) in [7, 11) is 0. The van der Waals surface area contributed by atoms with Crippen molar-refractivity contribution in [1.29, 1.82) is 0 Å². The number of ether oxygens (including phenoxy) is 1. The summed E-state index contributed by atoms with van der Waals surface area (Å²) in [5, 5.41) is 30.4. The SMILES string of the molecule is CC(C)=CCc1ccc(O)c2c1[C@H](O)CC[C@H]([C@@H](C)O)OC2. The van der Waals surface area contributed by atoms with Gasteiger partial charge in [0.1, 0.15) is 5.75 Å². The van der Waals surface area contributed by atoms with E-state index in [1.54, 1.807) is 13.0 Å². The number of hydrogen-bond acceptors (Lipinski definition) is 4. The Bertz CT molecular complexity index is 544. The standard InChI is InChI=1S/C18H26O4/c1-11(2)4-5-13-6-7-15(20)14-10-22-17(12(3)19)9-8-16(21)18(13)14/h4,6-7,12,16-17,19-21H,5,8-10H2,1-3H3/t12-,16-,17-/m1/s1. The van der Waals surface area contributed by atoms with Crippen LogP contribution in [0.5, 0.6) is 5.75 Å². The zero-order chi connectivity index (χ0) is 16.3. The molecule has 0 aromatic heterocycles. The maximum absolute atomic E-state index is 10.6. The molecule has 1 aromatic carbocycles. The molecule has 0 bridgehead atoms. The van der Waals surface area contributed by atoms with E-state index in [2.05, 4.69) is 6.08 Å². The van der Waals surface area contributed by atoms with Gasteiger partial charge in [0.15, 0.2) is 0 Å². The molecule has 0 amide bonds. The summed E-state index contributed by atoms with van der Waals surface area (Å²) in [5.74, 6) is 0.140. The third-order valence-corrected chi connectivity index (χ3v) is 4.19. The highest BCUT2D eigenvalue weighted by Crippen LogP contribution is 2.36. The Morgan fingerprint density at radius 2 is 2.09 bits per heavy atom. The first-order valence-corrected chi connectivity index (χ1v) is 7.84. The molecule has 0 saturated heterocycles. The van der Waals surface area contributed by atoms with Crippen molar-refractivity contribution < 1.29 is 20.1 Å². The van der Waals surface area contributed by atoms with Crippen molar-refractivity contribution >= 4 is 0 Å². The number of phenols is 1. The summed E-state index contributed by atoms with van der Waals surface area (Å²) >= 11 is 0.